The van der Waals surface area contributed by atoms with Crippen molar-refractivity contribution in [1.29, 1.82) is 0 Å². The molecule has 4 nitrogen and oxygen atoms in total. The molecule has 0 aromatic heterocycles. The summed E-state index contributed by atoms with van der Waals surface area (Å²) in [4.78, 5) is 11.5. The second-order valence-corrected chi connectivity index (χ2v) is 7.51. The van der Waals surface area contributed by atoms with Crippen LogP contribution in [0.1, 0.15) is 45.7 Å². The molecule has 0 N–H and O–H groups in total. The Balaban J connectivity index is 2.11. The third-order valence-corrected chi connectivity index (χ3v) is 5.09. The summed E-state index contributed by atoms with van der Waals surface area (Å²) < 4.78 is 17.2. The van der Waals surface area contributed by atoms with Crippen LogP contribution in [0.15, 0.2) is 29.7 Å². The normalized spacial score (nSPS) is 19.1. The molecular weight excluding hydrogens is 335 g/mol. The molecule has 0 spiro atoms. The van der Waals surface area contributed by atoms with Gasteiger partial charge in [0.1, 0.15) is 0 Å². The van der Waals surface area contributed by atoms with Gasteiger partial charge < -0.3 is 14.0 Å². The van der Waals surface area contributed by atoms with Gasteiger partial charge in [0.2, 0.25) is 0 Å². The van der Waals surface area contributed by atoms with Crippen LogP contribution in [0.3, 0.4) is 0 Å². The summed E-state index contributed by atoms with van der Waals surface area (Å²) in [5.41, 5.74) is 2.18. The van der Waals surface area contributed by atoms with Gasteiger partial charge in [0.05, 0.1) is 24.2 Å². The molecule has 1 aromatic rings. The second-order valence-electron chi connectivity index (χ2n) is 7.19. The van der Waals surface area contributed by atoms with Crippen LogP contribution < -0.4 is 0 Å². The van der Waals surface area contributed by atoms with E-state index in [2.05, 4.69) is 12.6 Å². The fraction of sp³-hybridized carbons (Fsp3) is 0.526. The average Bonchev–Trinajstić information content (AvgIpc) is 2.74. The van der Waals surface area contributed by atoms with Crippen LogP contribution >= 0.6 is 12.6 Å². The van der Waals surface area contributed by atoms with Gasteiger partial charge in [0.25, 0.3) is 0 Å². The van der Waals surface area contributed by atoms with Crippen LogP contribution in [0, 0.1) is 0 Å². The van der Waals surface area contributed by atoms with Crippen molar-refractivity contribution in [2.24, 2.45) is 0 Å². The van der Waals surface area contributed by atoms with Gasteiger partial charge in [0, 0.05) is 5.75 Å². The molecular formula is C19H27BO4S. The van der Waals surface area contributed by atoms with Crippen molar-refractivity contribution >= 4 is 31.8 Å². The first kappa shape index (κ1) is 20.1. The third-order valence-electron chi connectivity index (χ3n) is 4.72. The fourth-order valence-electron chi connectivity index (χ4n) is 2.51. The lowest BCUT2D eigenvalue weighted by atomic mass is 9.78. The van der Waals surface area contributed by atoms with E-state index in [1.807, 2.05) is 58.0 Å². The zero-order chi connectivity index (χ0) is 18.7. The van der Waals surface area contributed by atoms with Crippen molar-refractivity contribution in [3.05, 3.63) is 40.9 Å². The molecule has 0 atom stereocenters. The third kappa shape index (κ3) is 4.90. The van der Waals surface area contributed by atoms with E-state index in [0.29, 0.717) is 12.4 Å². The molecule has 0 amide bonds. The lowest BCUT2D eigenvalue weighted by Gasteiger charge is -2.32. The summed E-state index contributed by atoms with van der Waals surface area (Å²) in [7, 11) is -0.401. The van der Waals surface area contributed by atoms with E-state index in [1.165, 1.54) is 0 Å². The van der Waals surface area contributed by atoms with Crippen molar-refractivity contribution in [3.63, 3.8) is 0 Å². The number of hydrogen-bond acceptors (Lipinski definition) is 5. The van der Waals surface area contributed by atoms with Gasteiger partial charge in [0.15, 0.2) is 0 Å². The molecule has 1 aliphatic heterocycles. The Bertz CT molecular complexity index is 621. The van der Waals surface area contributed by atoms with Crippen molar-refractivity contribution in [2.45, 2.75) is 52.2 Å². The maximum Gasteiger partial charge on any atom is 0.491 e. The smallest absolute Gasteiger partial charge is 0.466 e. The summed E-state index contributed by atoms with van der Waals surface area (Å²) in [6.45, 7) is 10.3. The highest BCUT2D eigenvalue weighted by Gasteiger charge is 2.52. The Hall–Kier alpha value is -1.24. The highest BCUT2D eigenvalue weighted by atomic mass is 32.1. The maximum atomic E-state index is 11.5. The molecule has 1 aliphatic rings. The van der Waals surface area contributed by atoms with Gasteiger partial charge >= 0.3 is 13.1 Å². The van der Waals surface area contributed by atoms with Crippen molar-refractivity contribution in [1.82, 2.24) is 0 Å². The predicted octanol–water partition coefficient (Wildman–Crippen LogP) is 3.74. The SMILES string of the molecule is CCOC(=O)Cc1ccc(C=C(CS)B2OC(C)(C)C(C)(C)O2)cc1. The molecule has 2 rings (SSSR count). The number of ether oxygens (including phenoxy) is 1. The molecule has 1 heterocycles. The lowest BCUT2D eigenvalue weighted by Crippen LogP contribution is -2.41. The second kappa shape index (κ2) is 7.98. The number of carbonyl (C=O) groups excluding carboxylic acids is 1. The monoisotopic (exact) mass is 362 g/mol. The van der Waals surface area contributed by atoms with Crippen molar-refractivity contribution in [2.75, 3.05) is 12.4 Å². The van der Waals surface area contributed by atoms with Crippen LogP contribution in [-0.4, -0.2) is 36.6 Å². The highest BCUT2D eigenvalue weighted by molar-refractivity contribution is 7.80. The number of rotatable bonds is 6. The lowest BCUT2D eigenvalue weighted by molar-refractivity contribution is -0.142. The molecule has 136 valence electrons. The molecule has 1 saturated heterocycles. The van der Waals surface area contributed by atoms with Crippen LogP contribution in [0.2, 0.25) is 0 Å². The Morgan fingerprint density at radius 1 is 1.16 bits per heavy atom. The van der Waals surface area contributed by atoms with Gasteiger partial charge in [-0.2, -0.15) is 12.6 Å². The molecule has 1 fully saturated rings. The number of carbonyl (C=O) groups is 1. The van der Waals surface area contributed by atoms with E-state index in [9.17, 15) is 4.79 Å². The molecule has 6 heteroatoms. The van der Waals surface area contributed by atoms with Gasteiger partial charge in [-0.05, 0) is 51.2 Å². The van der Waals surface area contributed by atoms with Crippen LogP contribution in [0.25, 0.3) is 6.08 Å². The van der Waals surface area contributed by atoms with E-state index < -0.39 is 7.12 Å². The number of hydrogen-bond donors (Lipinski definition) is 1. The molecule has 0 saturated carbocycles. The van der Waals surface area contributed by atoms with Crippen molar-refractivity contribution < 1.29 is 18.8 Å². The summed E-state index contributed by atoms with van der Waals surface area (Å²) in [5, 5.41) is 0. The molecule has 0 aliphatic carbocycles. The van der Waals surface area contributed by atoms with Crippen LogP contribution in [0.5, 0.6) is 0 Å². The van der Waals surface area contributed by atoms with E-state index in [-0.39, 0.29) is 23.6 Å². The first-order valence-electron chi connectivity index (χ1n) is 8.60. The molecule has 1 aromatic carbocycles. The Morgan fingerprint density at radius 3 is 2.20 bits per heavy atom. The zero-order valence-electron chi connectivity index (χ0n) is 15.7. The first-order valence-corrected chi connectivity index (χ1v) is 9.23. The average molecular weight is 362 g/mol. The van der Waals surface area contributed by atoms with Gasteiger partial charge in [-0.25, -0.2) is 0 Å². The van der Waals surface area contributed by atoms with Crippen molar-refractivity contribution in [3.8, 4) is 0 Å². The van der Waals surface area contributed by atoms with E-state index in [0.717, 1.165) is 16.6 Å². The maximum absolute atomic E-state index is 11.5. The fourth-order valence-corrected chi connectivity index (χ4v) is 2.75. The van der Waals surface area contributed by atoms with E-state index in [1.54, 1.807) is 6.92 Å². The number of esters is 1. The minimum absolute atomic E-state index is 0.209. The minimum atomic E-state index is -0.401. The molecule has 0 radical (unpaired) electrons. The topological polar surface area (TPSA) is 44.8 Å². The largest absolute Gasteiger partial charge is 0.491 e. The summed E-state index contributed by atoms with van der Waals surface area (Å²) in [6.07, 6.45) is 2.32. The zero-order valence-corrected chi connectivity index (χ0v) is 16.6. The van der Waals surface area contributed by atoms with Crippen LogP contribution in [-0.2, 0) is 25.3 Å². The number of thiol groups is 1. The quantitative estimate of drug-likeness (QED) is 0.476. The summed E-state index contributed by atoms with van der Waals surface area (Å²) >= 11 is 4.43. The highest BCUT2D eigenvalue weighted by Crippen LogP contribution is 2.39. The molecule has 0 unspecified atom stereocenters. The molecule has 25 heavy (non-hydrogen) atoms. The van der Waals surface area contributed by atoms with E-state index in [4.69, 9.17) is 14.0 Å². The van der Waals surface area contributed by atoms with Gasteiger partial charge in [-0.15, -0.1) is 0 Å². The standard InChI is InChI=1S/C19H27BO4S/c1-6-22-17(21)12-15-9-7-14(8-10-15)11-16(13-25)20-23-18(2,3)19(4,5)24-20/h7-11,25H,6,12-13H2,1-5H3. The van der Waals surface area contributed by atoms with Gasteiger partial charge in [-0.1, -0.05) is 30.3 Å². The molecule has 0 bridgehead atoms. The Labute approximate surface area is 156 Å². The van der Waals surface area contributed by atoms with E-state index >= 15 is 0 Å². The first-order chi connectivity index (χ1) is 11.7. The summed E-state index contributed by atoms with van der Waals surface area (Å²) in [6, 6.07) is 7.82. The Morgan fingerprint density at radius 2 is 1.72 bits per heavy atom. The van der Waals surface area contributed by atoms with Crippen LogP contribution in [0.4, 0.5) is 0 Å². The predicted molar refractivity (Wildman–Crippen MR) is 105 cm³/mol. The Kier molecular flexibility index (Phi) is 6.41. The minimum Gasteiger partial charge on any atom is -0.466 e. The van der Waals surface area contributed by atoms with Gasteiger partial charge in [-0.3, -0.25) is 4.79 Å². The number of benzene rings is 1. The summed E-state index contributed by atoms with van der Waals surface area (Å²) in [5.74, 6) is 0.334.